The van der Waals surface area contributed by atoms with E-state index < -0.39 is 0 Å². The molecule has 108 valence electrons. The maximum Gasteiger partial charge on any atom is 0.165 e. The Hall–Kier alpha value is -0.870. The van der Waals surface area contributed by atoms with E-state index in [-0.39, 0.29) is 23.4 Å². The van der Waals surface area contributed by atoms with Crippen molar-refractivity contribution in [1.29, 1.82) is 0 Å². The second-order valence-electron chi connectivity index (χ2n) is 5.64. The second-order valence-corrected chi connectivity index (χ2v) is 5.64. The highest BCUT2D eigenvalue weighted by molar-refractivity contribution is 5.96. The lowest BCUT2D eigenvalue weighted by atomic mass is 9.67. The predicted octanol–water partition coefficient (Wildman–Crippen LogP) is 2.68. The van der Waals surface area contributed by atoms with Gasteiger partial charge in [0.05, 0.1) is 25.6 Å². The Morgan fingerprint density at radius 3 is 2.68 bits per heavy atom. The molecule has 0 bridgehead atoms. The normalized spacial score (nSPS) is 32.5. The van der Waals surface area contributed by atoms with Gasteiger partial charge >= 0.3 is 0 Å². The van der Waals surface area contributed by atoms with E-state index in [9.17, 15) is 4.79 Å². The number of ketones is 1. The van der Waals surface area contributed by atoms with Gasteiger partial charge in [-0.3, -0.25) is 4.79 Å². The number of rotatable bonds is 5. The summed E-state index contributed by atoms with van der Waals surface area (Å²) in [5.41, 5.74) is -0.324. The number of carbonyl (C=O) groups is 1. The van der Waals surface area contributed by atoms with Crippen LogP contribution in [0.1, 0.15) is 40.0 Å². The zero-order chi connectivity index (χ0) is 13.9. The van der Waals surface area contributed by atoms with Crippen molar-refractivity contribution < 1.29 is 19.0 Å². The highest BCUT2D eigenvalue weighted by Crippen LogP contribution is 2.42. The first-order valence-corrected chi connectivity index (χ1v) is 7.17. The molecule has 0 aromatic heterocycles. The molecule has 1 unspecified atom stereocenters. The molecule has 1 heterocycles. The number of allylic oxidation sites excluding steroid dienone is 2. The molecule has 0 aromatic rings. The summed E-state index contributed by atoms with van der Waals surface area (Å²) >= 11 is 0. The summed E-state index contributed by atoms with van der Waals surface area (Å²) in [4.78, 5) is 12.4. The second kappa shape index (κ2) is 6.06. The van der Waals surface area contributed by atoms with E-state index in [4.69, 9.17) is 14.2 Å². The van der Waals surface area contributed by atoms with Crippen LogP contribution >= 0.6 is 0 Å². The molecule has 1 fully saturated rings. The van der Waals surface area contributed by atoms with Crippen LogP contribution in [0, 0.1) is 11.3 Å². The fourth-order valence-electron chi connectivity index (χ4n) is 2.79. The lowest BCUT2D eigenvalue weighted by Gasteiger charge is -2.37. The molecule has 0 radical (unpaired) electrons. The number of ether oxygens (including phenoxy) is 3. The average molecular weight is 268 g/mol. The molecule has 4 heteroatoms. The molecular formula is C15H24O4. The molecule has 0 spiro atoms. The summed E-state index contributed by atoms with van der Waals surface area (Å²) in [5.74, 6) is 1.28. The Balaban J connectivity index is 1.98. The fraction of sp³-hybridized carbons (Fsp3) is 0.800. The number of hydrogen-bond acceptors (Lipinski definition) is 4. The standard InChI is InChI=1S/C15H24O4/c1-4-17-12-9-11(2)15(3,13(16)10-12)6-5-14-18-7-8-19-14/h10-11,14H,4-9H2,1-3H3/t11?,15-/m1/s1. The lowest BCUT2D eigenvalue weighted by Crippen LogP contribution is -2.38. The van der Waals surface area contributed by atoms with Crippen molar-refractivity contribution in [2.24, 2.45) is 11.3 Å². The Morgan fingerprint density at radius 2 is 2.11 bits per heavy atom. The highest BCUT2D eigenvalue weighted by atomic mass is 16.7. The molecule has 0 saturated carbocycles. The van der Waals surface area contributed by atoms with Crippen molar-refractivity contribution in [3.05, 3.63) is 11.8 Å². The third-order valence-electron chi connectivity index (χ3n) is 4.37. The van der Waals surface area contributed by atoms with Crippen molar-refractivity contribution in [1.82, 2.24) is 0 Å². The zero-order valence-electron chi connectivity index (χ0n) is 12.1. The Kier molecular flexibility index (Phi) is 4.63. The third-order valence-corrected chi connectivity index (χ3v) is 4.37. The maximum absolute atomic E-state index is 12.4. The van der Waals surface area contributed by atoms with E-state index in [0.29, 0.717) is 19.8 Å². The molecule has 1 aliphatic carbocycles. The third kappa shape index (κ3) is 3.18. The van der Waals surface area contributed by atoms with E-state index in [0.717, 1.165) is 25.0 Å². The molecule has 2 atom stereocenters. The van der Waals surface area contributed by atoms with Crippen LogP contribution in [0.2, 0.25) is 0 Å². The van der Waals surface area contributed by atoms with Gasteiger partial charge in [-0.2, -0.15) is 0 Å². The Morgan fingerprint density at radius 1 is 1.42 bits per heavy atom. The van der Waals surface area contributed by atoms with Crippen molar-refractivity contribution in [3.63, 3.8) is 0 Å². The molecule has 1 saturated heterocycles. The predicted molar refractivity (Wildman–Crippen MR) is 71.5 cm³/mol. The van der Waals surface area contributed by atoms with Crippen molar-refractivity contribution in [2.45, 2.75) is 46.3 Å². The van der Waals surface area contributed by atoms with Crippen LogP contribution in [0.5, 0.6) is 0 Å². The summed E-state index contributed by atoms with van der Waals surface area (Å²) in [6, 6.07) is 0. The van der Waals surface area contributed by atoms with Crippen LogP contribution < -0.4 is 0 Å². The van der Waals surface area contributed by atoms with Crippen LogP contribution in [0.15, 0.2) is 11.8 Å². The van der Waals surface area contributed by atoms with Gasteiger partial charge < -0.3 is 14.2 Å². The van der Waals surface area contributed by atoms with Gasteiger partial charge in [-0.1, -0.05) is 13.8 Å². The minimum atomic E-state index is -0.324. The molecule has 0 amide bonds. The van der Waals surface area contributed by atoms with Crippen LogP contribution in [0.25, 0.3) is 0 Å². The summed E-state index contributed by atoms with van der Waals surface area (Å²) in [7, 11) is 0. The van der Waals surface area contributed by atoms with Gasteiger partial charge in [0.1, 0.15) is 0 Å². The molecule has 0 N–H and O–H groups in total. The first-order valence-electron chi connectivity index (χ1n) is 7.17. The van der Waals surface area contributed by atoms with Gasteiger partial charge in [0.2, 0.25) is 0 Å². The first kappa shape index (κ1) is 14.5. The molecule has 2 aliphatic rings. The van der Waals surface area contributed by atoms with E-state index >= 15 is 0 Å². The van der Waals surface area contributed by atoms with E-state index in [1.165, 1.54) is 0 Å². The van der Waals surface area contributed by atoms with Gasteiger partial charge in [-0.15, -0.1) is 0 Å². The number of carbonyl (C=O) groups excluding carboxylic acids is 1. The monoisotopic (exact) mass is 268 g/mol. The van der Waals surface area contributed by atoms with E-state index in [1.807, 2.05) is 13.8 Å². The van der Waals surface area contributed by atoms with Gasteiger partial charge in [-0.05, 0) is 25.7 Å². The summed E-state index contributed by atoms with van der Waals surface area (Å²) < 4.78 is 16.4. The molecule has 19 heavy (non-hydrogen) atoms. The van der Waals surface area contributed by atoms with Crippen LogP contribution in [-0.4, -0.2) is 31.9 Å². The number of hydrogen-bond donors (Lipinski definition) is 0. The van der Waals surface area contributed by atoms with Crippen molar-refractivity contribution >= 4 is 5.78 Å². The SMILES string of the molecule is CCOC1=CC(=O)[C@](C)(CCC2OCCO2)C(C)C1. The van der Waals surface area contributed by atoms with Crippen molar-refractivity contribution in [3.8, 4) is 0 Å². The summed E-state index contributed by atoms with van der Waals surface area (Å²) in [6.07, 6.45) is 3.97. The minimum absolute atomic E-state index is 0.130. The van der Waals surface area contributed by atoms with Gasteiger partial charge in [0, 0.05) is 17.9 Å². The zero-order valence-corrected chi connectivity index (χ0v) is 12.1. The quantitative estimate of drug-likeness (QED) is 0.769. The summed E-state index contributed by atoms with van der Waals surface area (Å²) in [5, 5.41) is 0. The maximum atomic E-state index is 12.4. The van der Waals surface area contributed by atoms with E-state index in [2.05, 4.69) is 6.92 Å². The molecule has 4 nitrogen and oxygen atoms in total. The molecule has 0 aromatic carbocycles. The van der Waals surface area contributed by atoms with Crippen LogP contribution in [0.3, 0.4) is 0 Å². The van der Waals surface area contributed by atoms with Crippen LogP contribution in [0.4, 0.5) is 0 Å². The molecular weight excluding hydrogens is 244 g/mol. The average Bonchev–Trinajstić information content (AvgIpc) is 2.87. The first-order chi connectivity index (χ1) is 9.06. The topological polar surface area (TPSA) is 44.8 Å². The largest absolute Gasteiger partial charge is 0.498 e. The van der Waals surface area contributed by atoms with E-state index in [1.54, 1.807) is 6.08 Å². The Bertz CT molecular complexity index is 357. The minimum Gasteiger partial charge on any atom is -0.498 e. The van der Waals surface area contributed by atoms with Crippen LogP contribution in [-0.2, 0) is 19.0 Å². The van der Waals surface area contributed by atoms with Gasteiger partial charge in [0.25, 0.3) is 0 Å². The molecule has 2 rings (SSSR count). The van der Waals surface area contributed by atoms with Gasteiger partial charge in [0.15, 0.2) is 12.1 Å². The fourth-order valence-corrected chi connectivity index (χ4v) is 2.79. The molecule has 1 aliphatic heterocycles. The highest BCUT2D eigenvalue weighted by Gasteiger charge is 2.41. The lowest BCUT2D eigenvalue weighted by molar-refractivity contribution is -0.129. The van der Waals surface area contributed by atoms with Gasteiger partial charge in [-0.25, -0.2) is 0 Å². The Labute approximate surface area is 115 Å². The smallest absolute Gasteiger partial charge is 0.165 e. The van der Waals surface area contributed by atoms with Crippen molar-refractivity contribution in [2.75, 3.05) is 19.8 Å². The summed E-state index contributed by atoms with van der Waals surface area (Å²) in [6.45, 7) is 8.07.